The number of halogens is 4. The second-order valence-corrected chi connectivity index (χ2v) is 6.54. The molecular formula is C16H13BF4OSe. The molecule has 0 atom stereocenters. The van der Waals surface area contributed by atoms with E-state index < -0.39 is 7.25 Å². The van der Waals surface area contributed by atoms with Crippen molar-refractivity contribution in [3.8, 4) is 16.9 Å². The minimum absolute atomic E-state index is 0.465. The van der Waals surface area contributed by atoms with Crippen LogP contribution in [0.3, 0.4) is 0 Å². The maximum atomic E-state index is 9.75. The fourth-order valence-electron chi connectivity index (χ4n) is 2.08. The Morgan fingerprint density at radius 2 is 1.48 bits per heavy atom. The molecule has 2 aromatic carbocycles. The van der Waals surface area contributed by atoms with E-state index in [9.17, 15) is 17.3 Å². The number of hydrogen-bond donors (Lipinski definition) is 0. The van der Waals surface area contributed by atoms with Crippen molar-refractivity contribution in [2.24, 2.45) is 0 Å². The van der Waals surface area contributed by atoms with E-state index in [0.717, 1.165) is 5.75 Å². The summed E-state index contributed by atoms with van der Waals surface area (Å²) >= 11 is 0.465. The first kappa shape index (κ1) is 17.5. The van der Waals surface area contributed by atoms with Gasteiger partial charge in [-0.1, -0.05) is 0 Å². The summed E-state index contributed by atoms with van der Waals surface area (Å²) in [6, 6.07) is 19.2. The molecule has 7 heteroatoms. The van der Waals surface area contributed by atoms with Crippen LogP contribution in [-0.4, -0.2) is 28.9 Å². The second kappa shape index (κ2) is 7.62. The fourth-order valence-corrected chi connectivity index (χ4v) is 3.78. The first-order chi connectivity index (χ1) is 10.9. The number of fused-ring (bicyclic) bond motifs is 1. The van der Waals surface area contributed by atoms with Gasteiger partial charge in [-0.2, -0.15) is 0 Å². The molecule has 120 valence electrons. The van der Waals surface area contributed by atoms with Gasteiger partial charge in [-0.3, -0.25) is 0 Å². The zero-order valence-corrected chi connectivity index (χ0v) is 13.9. The van der Waals surface area contributed by atoms with E-state index in [2.05, 4.69) is 47.4 Å². The van der Waals surface area contributed by atoms with E-state index in [-0.39, 0.29) is 0 Å². The van der Waals surface area contributed by atoms with Gasteiger partial charge >= 0.3 is 120 Å². The van der Waals surface area contributed by atoms with E-state index in [4.69, 9.17) is 4.74 Å². The van der Waals surface area contributed by atoms with Crippen molar-refractivity contribution < 1.29 is 22.0 Å². The van der Waals surface area contributed by atoms with Crippen molar-refractivity contribution in [3.05, 3.63) is 59.5 Å². The average molecular weight is 387 g/mol. The molecule has 0 unspecified atom stereocenters. The maximum Gasteiger partial charge on any atom is 0.673 e. The Labute approximate surface area is 137 Å². The molecule has 3 aromatic rings. The van der Waals surface area contributed by atoms with Gasteiger partial charge in [0, 0.05) is 0 Å². The molecular weight excluding hydrogens is 374 g/mol. The predicted molar refractivity (Wildman–Crippen MR) is 87.5 cm³/mol. The van der Waals surface area contributed by atoms with Gasteiger partial charge in [-0.25, -0.2) is 0 Å². The quantitative estimate of drug-likeness (QED) is 0.437. The van der Waals surface area contributed by atoms with Crippen LogP contribution in [0.15, 0.2) is 59.5 Å². The molecule has 3 rings (SSSR count). The molecule has 0 aliphatic rings. The van der Waals surface area contributed by atoms with E-state index >= 15 is 0 Å². The summed E-state index contributed by atoms with van der Waals surface area (Å²) < 4.78 is 45.7. The van der Waals surface area contributed by atoms with Crippen LogP contribution in [0.25, 0.3) is 20.8 Å². The summed E-state index contributed by atoms with van der Waals surface area (Å²) in [6.45, 7) is 0. The van der Waals surface area contributed by atoms with Gasteiger partial charge in [-0.15, -0.1) is 0 Å². The first-order valence-electron chi connectivity index (χ1n) is 6.70. The Kier molecular flexibility index (Phi) is 5.80. The average Bonchev–Trinajstić information content (AvgIpc) is 2.53. The molecule has 23 heavy (non-hydrogen) atoms. The van der Waals surface area contributed by atoms with Crippen molar-refractivity contribution in [3.63, 3.8) is 0 Å². The van der Waals surface area contributed by atoms with Crippen LogP contribution in [-0.2, 0) is 0 Å². The van der Waals surface area contributed by atoms with Gasteiger partial charge in [0.2, 0.25) is 0 Å². The Morgan fingerprint density at radius 1 is 0.870 bits per heavy atom. The second-order valence-electron chi connectivity index (χ2n) is 4.55. The molecule has 0 aliphatic heterocycles. The summed E-state index contributed by atoms with van der Waals surface area (Å²) in [7, 11) is -4.31. The standard InChI is InChI=1S/C16H13OSe.BF4/c1-17-13-8-6-12(7-9-13)14-10-11-18-16-5-3-2-4-15(14)16;2-1(3,4)5/h2-11H,1H3;/q+1;-1. The minimum atomic E-state index is -6.00. The molecule has 1 aromatic heterocycles. The van der Waals surface area contributed by atoms with Gasteiger partial charge in [0.05, 0.1) is 0 Å². The number of rotatable bonds is 2. The van der Waals surface area contributed by atoms with Crippen LogP contribution < -0.4 is 4.74 Å². The van der Waals surface area contributed by atoms with Gasteiger partial charge in [0.25, 0.3) is 0 Å². The molecule has 0 aliphatic carbocycles. The molecule has 0 saturated heterocycles. The molecule has 0 saturated carbocycles. The molecule has 1 heterocycles. The third-order valence-corrected chi connectivity index (χ3v) is 4.86. The zero-order chi connectivity index (χ0) is 16.9. The molecule has 0 bridgehead atoms. The SMILES string of the molecule is COc1ccc(-c2cc[se+]c3ccccc23)cc1.F[B-](F)(F)F. The van der Waals surface area contributed by atoms with Crippen LogP contribution >= 0.6 is 0 Å². The largest absolute Gasteiger partial charge is 0.673 e. The molecule has 1 nitrogen and oxygen atoms in total. The van der Waals surface area contributed by atoms with Crippen LogP contribution in [0.4, 0.5) is 17.3 Å². The first-order valence-corrected chi connectivity index (χ1v) is 8.54. The van der Waals surface area contributed by atoms with Gasteiger partial charge in [0.1, 0.15) is 0 Å². The maximum absolute atomic E-state index is 9.75. The summed E-state index contributed by atoms with van der Waals surface area (Å²) in [5.41, 5.74) is 2.55. The smallest absolute Gasteiger partial charge is 0.418 e. The van der Waals surface area contributed by atoms with Gasteiger partial charge in [-0.05, 0) is 0 Å². The fraction of sp³-hybridized carbons (Fsp3) is 0.0625. The number of hydrogen-bond acceptors (Lipinski definition) is 1. The van der Waals surface area contributed by atoms with Crippen molar-refractivity contribution >= 4 is 31.4 Å². The Bertz CT molecular complexity index is 764. The van der Waals surface area contributed by atoms with Crippen molar-refractivity contribution in [2.75, 3.05) is 7.11 Å². The molecule has 0 radical (unpaired) electrons. The number of methoxy groups -OCH3 is 1. The van der Waals surface area contributed by atoms with Gasteiger partial charge < -0.3 is 17.3 Å². The normalized spacial score (nSPS) is 10.8. The van der Waals surface area contributed by atoms with E-state index in [1.165, 1.54) is 20.8 Å². The number of benzene rings is 2. The summed E-state index contributed by atoms with van der Waals surface area (Å²) in [6.07, 6.45) is 0. The van der Waals surface area contributed by atoms with Crippen LogP contribution in [0, 0.1) is 0 Å². The minimum Gasteiger partial charge on any atom is -0.418 e. The van der Waals surface area contributed by atoms with Crippen molar-refractivity contribution in [1.82, 2.24) is 0 Å². The summed E-state index contributed by atoms with van der Waals surface area (Å²) in [4.78, 5) is 2.29. The Balaban J connectivity index is 0.000000338. The summed E-state index contributed by atoms with van der Waals surface area (Å²) in [5.74, 6) is 0.900. The monoisotopic (exact) mass is 388 g/mol. The Hall–Kier alpha value is -1.85. The number of ether oxygens (including phenoxy) is 1. The van der Waals surface area contributed by atoms with Crippen LogP contribution in [0.1, 0.15) is 0 Å². The molecule has 0 spiro atoms. The summed E-state index contributed by atoms with van der Waals surface area (Å²) in [5, 5.41) is 1.37. The third kappa shape index (κ3) is 5.37. The Morgan fingerprint density at radius 3 is 2.09 bits per heavy atom. The topological polar surface area (TPSA) is 9.23 Å². The zero-order valence-electron chi connectivity index (χ0n) is 12.2. The van der Waals surface area contributed by atoms with E-state index in [1.807, 2.05) is 12.1 Å². The van der Waals surface area contributed by atoms with Crippen LogP contribution in [0.2, 0.25) is 0 Å². The van der Waals surface area contributed by atoms with E-state index in [0.29, 0.717) is 14.5 Å². The van der Waals surface area contributed by atoms with Crippen molar-refractivity contribution in [1.29, 1.82) is 0 Å². The van der Waals surface area contributed by atoms with E-state index in [1.54, 1.807) is 7.11 Å². The van der Waals surface area contributed by atoms with Gasteiger partial charge in [0.15, 0.2) is 0 Å². The predicted octanol–water partition coefficient (Wildman–Crippen LogP) is 5.15. The molecule has 0 N–H and O–H groups in total. The third-order valence-electron chi connectivity index (χ3n) is 3.01. The molecule has 0 amide bonds. The molecule has 0 fully saturated rings. The van der Waals surface area contributed by atoms with Crippen LogP contribution in [0.5, 0.6) is 5.75 Å². The van der Waals surface area contributed by atoms with Crippen molar-refractivity contribution in [2.45, 2.75) is 0 Å².